The number of anilines is 1. The molecular weight excluding hydrogens is 350 g/mol. The van der Waals surface area contributed by atoms with Gasteiger partial charge < -0.3 is 10.6 Å². The molecule has 1 heterocycles. The van der Waals surface area contributed by atoms with Gasteiger partial charge in [0, 0.05) is 23.7 Å². The summed E-state index contributed by atoms with van der Waals surface area (Å²) in [5.41, 5.74) is 2.49. The molecule has 1 saturated heterocycles. The number of amides is 2. The third-order valence-corrected chi connectivity index (χ3v) is 5.56. The molecule has 5 heteroatoms. The van der Waals surface area contributed by atoms with Crippen LogP contribution >= 0.6 is 0 Å². The van der Waals surface area contributed by atoms with Crippen LogP contribution in [0.25, 0.3) is 0 Å². The third-order valence-electron chi connectivity index (χ3n) is 5.56. The molecule has 4 rings (SSSR count). The first-order valence-electron chi connectivity index (χ1n) is 10.2. The van der Waals surface area contributed by atoms with Gasteiger partial charge in [0.1, 0.15) is 0 Å². The highest BCUT2D eigenvalue weighted by Crippen LogP contribution is 2.30. The number of carbonyl (C=O) groups is 2. The first kappa shape index (κ1) is 18.7. The second kappa shape index (κ2) is 8.57. The van der Waals surface area contributed by atoms with Crippen molar-refractivity contribution in [3.8, 4) is 0 Å². The lowest BCUT2D eigenvalue weighted by Crippen LogP contribution is -2.36. The molecule has 2 amide bonds. The van der Waals surface area contributed by atoms with E-state index in [0.29, 0.717) is 17.8 Å². The van der Waals surface area contributed by atoms with E-state index in [-0.39, 0.29) is 23.8 Å². The van der Waals surface area contributed by atoms with Crippen molar-refractivity contribution in [2.45, 2.75) is 31.7 Å². The molecule has 5 nitrogen and oxygen atoms in total. The molecule has 1 aliphatic heterocycles. The average molecular weight is 377 g/mol. The highest BCUT2D eigenvalue weighted by molar-refractivity contribution is 5.98. The summed E-state index contributed by atoms with van der Waals surface area (Å²) in [4.78, 5) is 27.1. The van der Waals surface area contributed by atoms with E-state index in [9.17, 15) is 9.59 Å². The SMILES string of the molecule is O=C(NCC(c1ccccc1)N1CCCC1)c1cccc(NC(=O)C2CC2)c1. The Kier molecular flexibility index (Phi) is 5.72. The van der Waals surface area contributed by atoms with E-state index >= 15 is 0 Å². The molecule has 2 aromatic carbocycles. The lowest BCUT2D eigenvalue weighted by atomic mass is 10.1. The van der Waals surface area contributed by atoms with Crippen LogP contribution in [0.4, 0.5) is 5.69 Å². The molecule has 146 valence electrons. The van der Waals surface area contributed by atoms with Crippen LogP contribution in [-0.2, 0) is 4.79 Å². The predicted molar refractivity (Wildman–Crippen MR) is 110 cm³/mol. The zero-order valence-electron chi connectivity index (χ0n) is 16.1. The molecule has 0 aromatic heterocycles. The Morgan fingerprint density at radius 1 is 1.00 bits per heavy atom. The van der Waals surface area contributed by atoms with Crippen LogP contribution in [0, 0.1) is 5.92 Å². The molecule has 0 bridgehead atoms. The molecule has 1 atom stereocenters. The van der Waals surface area contributed by atoms with Crippen molar-refractivity contribution in [2.24, 2.45) is 5.92 Å². The van der Waals surface area contributed by atoms with E-state index in [2.05, 4.69) is 27.7 Å². The van der Waals surface area contributed by atoms with Gasteiger partial charge in [0.2, 0.25) is 5.91 Å². The van der Waals surface area contributed by atoms with E-state index < -0.39 is 0 Å². The Morgan fingerprint density at radius 2 is 1.75 bits per heavy atom. The maximum absolute atomic E-state index is 12.7. The maximum atomic E-state index is 12.7. The fourth-order valence-corrected chi connectivity index (χ4v) is 3.81. The monoisotopic (exact) mass is 377 g/mol. The zero-order valence-corrected chi connectivity index (χ0v) is 16.1. The van der Waals surface area contributed by atoms with Crippen molar-refractivity contribution in [3.05, 3.63) is 65.7 Å². The van der Waals surface area contributed by atoms with Gasteiger partial charge >= 0.3 is 0 Å². The molecule has 0 spiro atoms. The number of benzene rings is 2. The lowest BCUT2D eigenvalue weighted by Gasteiger charge is -2.28. The topological polar surface area (TPSA) is 61.4 Å². The van der Waals surface area contributed by atoms with Crippen LogP contribution < -0.4 is 10.6 Å². The van der Waals surface area contributed by atoms with Gasteiger partial charge in [-0.25, -0.2) is 0 Å². The van der Waals surface area contributed by atoms with Crippen molar-refractivity contribution in [3.63, 3.8) is 0 Å². The van der Waals surface area contributed by atoms with Crippen LogP contribution in [0.5, 0.6) is 0 Å². The first-order chi connectivity index (χ1) is 13.7. The Morgan fingerprint density at radius 3 is 2.46 bits per heavy atom. The number of likely N-dealkylation sites (tertiary alicyclic amines) is 1. The van der Waals surface area contributed by atoms with Crippen LogP contribution in [0.3, 0.4) is 0 Å². The summed E-state index contributed by atoms with van der Waals surface area (Å²) >= 11 is 0. The van der Waals surface area contributed by atoms with E-state index in [4.69, 9.17) is 0 Å². The summed E-state index contributed by atoms with van der Waals surface area (Å²) < 4.78 is 0. The number of nitrogens with one attached hydrogen (secondary N) is 2. The lowest BCUT2D eigenvalue weighted by molar-refractivity contribution is -0.117. The van der Waals surface area contributed by atoms with Gasteiger partial charge in [-0.1, -0.05) is 36.4 Å². The number of nitrogens with zero attached hydrogens (tertiary/aromatic N) is 1. The highest BCUT2D eigenvalue weighted by atomic mass is 16.2. The molecular formula is C23H27N3O2. The van der Waals surface area contributed by atoms with Crippen molar-refractivity contribution < 1.29 is 9.59 Å². The second-order valence-electron chi connectivity index (χ2n) is 7.72. The van der Waals surface area contributed by atoms with E-state index in [1.54, 1.807) is 12.1 Å². The normalized spacial score (nSPS) is 17.9. The van der Waals surface area contributed by atoms with E-state index in [1.165, 1.54) is 18.4 Å². The van der Waals surface area contributed by atoms with Gasteiger partial charge in [-0.3, -0.25) is 14.5 Å². The Bertz CT molecular complexity index is 827. The Labute approximate surface area is 166 Å². The zero-order chi connectivity index (χ0) is 19.3. The van der Waals surface area contributed by atoms with Crippen LogP contribution in [0.15, 0.2) is 54.6 Å². The summed E-state index contributed by atoms with van der Waals surface area (Å²) in [7, 11) is 0. The molecule has 1 saturated carbocycles. The van der Waals surface area contributed by atoms with Gasteiger partial charge in [-0.15, -0.1) is 0 Å². The largest absolute Gasteiger partial charge is 0.350 e. The van der Waals surface area contributed by atoms with Gasteiger partial charge in [0.05, 0.1) is 6.04 Å². The summed E-state index contributed by atoms with van der Waals surface area (Å²) in [6, 6.07) is 17.7. The predicted octanol–water partition coefficient (Wildman–Crippen LogP) is 3.60. The van der Waals surface area contributed by atoms with Crippen molar-refractivity contribution in [2.75, 3.05) is 25.0 Å². The molecule has 1 unspecified atom stereocenters. The Hall–Kier alpha value is -2.66. The highest BCUT2D eigenvalue weighted by Gasteiger charge is 2.29. The molecule has 1 aliphatic carbocycles. The van der Waals surface area contributed by atoms with Crippen molar-refractivity contribution in [1.82, 2.24) is 10.2 Å². The summed E-state index contributed by atoms with van der Waals surface area (Å²) in [5, 5.41) is 6.00. The number of hydrogen-bond donors (Lipinski definition) is 2. The molecule has 2 N–H and O–H groups in total. The summed E-state index contributed by atoms with van der Waals surface area (Å²) in [6.07, 6.45) is 4.34. The van der Waals surface area contributed by atoms with Crippen molar-refractivity contribution in [1.29, 1.82) is 0 Å². The minimum absolute atomic E-state index is 0.0516. The van der Waals surface area contributed by atoms with Crippen LogP contribution in [-0.4, -0.2) is 36.3 Å². The quantitative estimate of drug-likeness (QED) is 0.775. The molecule has 0 radical (unpaired) electrons. The fourth-order valence-electron chi connectivity index (χ4n) is 3.81. The average Bonchev–Trinajstić information content (AvgIpc) is 3.45. The van der Waals surface area contributed by atoms with Gasteiger partial charge in [-0.2, -0.15) is 0 Å². The smallest absolute Gasteiger partial charge is 0.251 e. The summed E-state index contributed by atoms with van der Waals surface area (Å²) in [5.74, 6) is 0.0861. The van der Waals surface area contributed by atoms with Gasteiger partial charge in [-0.05, 0) is 62.5 Å². The number of rotatable bonds is 7. The third kappa shape index (κ3) is 4.60. The van der Waals surface area contributed by atoms with E-state index in [0.717, 1.165) is 25.9 Å². The molecule has 28 heavy (non-hydrogen) atoms. The minimum Gasteiger partial charge on any atom is -0.350 e. The standard InChI is InChI=1S/C23H27N3O2/c27-22(19-9-6-10-20(15-19)25-23(28)18-11-12-18)24-16-21(26-13-4-5-14-26)17-7-2-1-3-8-17/h1-3,6-10,15,18,21H,4-5,11-14,16H2,(H,24,27)(H,25,28). The van der Waals surface area contributed by atoms with Gasteiger partial charge in [0.15, 0.2) is 0 Å². The summed E-state index contributed by atoms with van der Waals surface area (Å²) in [6.45, 7) is 2.71. The van der Waals surface area contributed by atoms with Crippen LogP contribution in [0.2, 0.25) is 0 Å². The Balaban J connectivity index is 1.41. The second-order valence-corrected chi connectivity index (χ2v) is 7.72. The van der Waals surface area contributed by atoms with Crippen LogP contribution in [0.1, 0.15) is 47.6 Å². The molecule has 2 fully saturated rings. The van der Waals surface area contributed by atoms with Gasteiger partial charge in [0.25, 0.3) is 5.91 Å². The van der Waals surface area contributed by atoms with E-state index in [1.807, 2.05) is 30.3 Å². The number of hydrogen-bond acceptors (Lipinski definition) is 3. The molecule has 2 aromatic rings. The first-order valence-corrected chi connectivity index (χ1v) is 10.2. The minimum atomic E-state index is -0.109. The molecule has 2 aliphatic rings. The number of carbonyl (C=O) groups excluding carboxylic acids is 2. The maximum Gasteiger partial charge on any atom is 0.251 e. The van der Waals surface area contributed by atoms with Crippen molar-refractivity contribution >= 4 is 17.5 Å². The fraction of sp³-hybridized carbons (Fsp3) is 0.391.